The van der Waals surface area contributed by atoms with Crippen LogP contribution >= 0.6 is 0 Å². The maximum Gasteiger partial charge on any atom is 0.227 e. The smallest absolute Gasteiger partial charge is 0.227 e. The minimum Gasteiger partial charge on any atom is -0.435 e. The van der Waals surface area contributed by atoms with Gasteiger partial charge in [-0.2, -0.15) is 0 Å². The highest BCUT2D eigenvalue weighted by atomic mass is 16.3. The Balaban J connectivity index is 1.85. The van der Waals surface area contributed by atoms with Crippen LogP contribution in [0.3, 0.4) is 0 Å². The van der Waals surface area contributed by atoms with E-state index in [1.165, 1.54) is 0 Å². The van der Waals surface area contributed by atoms with Gasteiger partial charge in [0.2, 0.25) is 5.71 Å². The summed E-state index contributed by atoms with van der Waals surface area (Å²) in [4.78, 5) is 8.66. The van der Waals surface area contributed by atoms with Gasteiger partial charge in [-0.25, -0.2) is 4.98 Å². The van der Waals surface area contributed by atoms with Crippen molar-refractivity contribution >= 4 is 39.1 Å². The van der Waals surface area contributed by atoms with Crippen molar-refractivity contribution in [3.05, 3.63) is 73.4 Å². The van der Waals surface area contributed by atoms with E-state index < -0.39 is 0 Å². The van der Waals surface area contributed by atoms with E-state index >= 15 is 0 Å². The van der Waals surface area contributed by atoms with Crippen molar-refractivity contribution in [1.29, 1.82) is 0 Å². The molecule has 0 saturated heterocycles. The van der Waals surface area contributed by atoms with Crippen molar-refractivity contribution in [1.82, 2.24) is 4.98 Å². The van der Waals surface area contributed by atoms with Crippen LogP contribution in [0.1, 0.15) is 5.56 Å². The standard InChI is InChI=1S/C21H17N3O/c1-13-10-11-15-16-7-6-12-22-21(16)25-20(15)19(13)24-14(2)23(3)17-8-4-5-9-18(17)24/h4-12H,2H2,1,3H3. The fraction of sp³-hybridized carbons (Fsp3) is 0.0952. The highest BCUT2D eigenvalue weighted by molar-refractivity contribution is 6.10. The van der Waals surface area contributed by atoms with Gasteiger partial charge in [-0.15, -0.1) is 0 Å². The Hall–Kier alpha value is -3.01. The van der Waals surface area contributed by atoms with E-state index in [-0.39, 0.29) is 0 Å². The summed E-state index contributed by atoms with van der Waals surface area (Å²) < 4.78 is 6.16. The highest BCUT2D eigenvalue weighted by Crippen LogP contribution is 2.49. The topological polar surface area (TPSA) is 32.5 Å². The van der Waals surface area contributed by atoms with Crippen LogP contribution in [0.5, 0.6) is 0 Å². The quantitative estimate of drug-likeness (QED) is 0.481. The summed E-state index contributed by atoms with van der Waals surface area (Å²) in [7, 11) is 2.04. The fourth-order valence-corrected chi connectivity index (χ4v) is 3.65. The average molecular weight is 327 g/mol. The monoisotopic (exact) mass is 327 g/mol. The van der Waals surface area contributed by atoms with Gasteiger partial charge in [0.15, 0.2) is 11.7 Å². The van der Waals surface area contributed by atoms with E-state index in [4.69, 9.17) is 4.42 Å². The second kappa shape index (κ2) is 4.99. The van der Waals surface area contributed by atoms with Gasteiger partial charge in [-0.3, -0.25) is 0 Å². The Morgan fingerprint density at radius 1 is 0.960 bits per heavy atom. The highest BCUT2D eigenvalue weighted by Gasteiger charge is 2.35. The second-order valence-corrected chi connectivity index (χ2v) is 6.37. The molecule has 0 N–H and O–H groups in total. The van der Waals surface area contributed by atoms with Crippen molar-refractivity contribution in [2.45, 2.75) is 6.92 Å². The number of hydrogen-bond acceptors (Lipinski definition) is 4. The van der Waals surface area contributed by atoms with Crippen LogP contribution in [0.15, 0.2) is 59.1 Å². The van der Waals surface area contributed by atoms with Crippen molar-refractivity contribution in [2.75, 3.05) is 16.8 Å². The molecule has 0 spiro atoms. The van der Waals surface area contributed by atoms with Gasteiger partial charge in [-0.05, 0) is 43.7 Å². The molecule has 4 heteroatoms. The molecule has 5 rings (SSSR count). The molecule has 0 saturated carbocycles. The fourth-order valence-electron chi connectivity index (χ4n) is 3.65. The Kier molecular flexibility index (Phi) is 2.86. The molecule has 25 heavy (non-hydrogen) atoms. The normalized spacial score (nSPS) is 14.7. The van der Waals surface area contributed by atoms with E-state index in [0.29, 0.717) is 5.71 Å². The molecule has 122 valence electrons. The first-order valence-electron chi connectivity index (χ1n) is 8.25. The molecule has 3 heterocycles. The van der Waals surface area contributed by atoms with Gasteiger partial charge in [0.05, 0.1) is 17.1 Å². The van der Waals surface area contributed by atoms with Crippen LogP contribution in [-0.2, 0) is 0 Å². The zero-order chi connectivity index (χ0) is 17.1. The van der Waals surface area contributed by atoms with Crippen LogP contribution in [0, 0.1) is 20.0 Å². The molecule has 1 aliphatic rings. The molecule has 4 aromatic rings. The van der Waals surface area contributed by atoms with E-state index in [1.807, 2.05) is 31.3 Å². The summed E-state index contributed by atoms with van der Waals surface area (Å²) in [5, 5.41) is 2.11. The number of nitrogens with zero attached hydrogens (tertiary/aromatic N) is 3. The number of aryl methyl sites for hydroxylation is 1. The van der Waals surface area contributed by atoms with Gasteiger partial charge in [0.25, 0.3) is 0 Å². The molecule has 0 atom stereocenters. The van der Waals surface area contributed by atoms with Crippen LogP contribution < -0.4 is 9.80 Å². The van der Waals surface area contributed by atoms with Crippen LogP contribution in [0.2, 0.25) is 0 Å². The van der Waals surface area contributed by atoms with Crippen LogP contribution in [-0.4, -0.2) is 12.0 Å². The Labute approximate surface area is 146 Å². The van der Waals surface area contributed by atoms with Crippen LogP contribution in [0.4, 0.5) is 17.1 Å². The maximum absolute atomic E-state index is 6.16. The minimum atomic E-state index is 0.663. The Morgan fingerprint density at radius 2 is 1.76 bits per heavy atom. The Bertz CT molecular complexity index is 1110. The summed E-state index contributed by atoms with van der Waals surface area (Å²) in [6.45, 7) is 6.40. The van der Waals surface area contributed by atoms with Crippen molar-refractivity contribution in [3.8, 4) is 0 Å². The number of furan rings is 1. The van der Waals surface area contributed by atoms with E-state index in [9.17, 15) is 0 Å². The van der Waals surface area contributed by atoms with E-state index in [2.05, 4.69) is 52.9 Å². The van der Waals surface area contributed by atoms with Crippen molar-refractivity contribution in [2.24, 2.45) is 0 Å². The molecule has 2 aromatic carbocycles. The third-order valence-corrected chi connectivity index (χ3v) is 4.95. The lowest BCUT2D eigenvalue weighted by molar-refractivity contribution is 0.653. The van der Waals surface area contributed by atoms with Gasteiger partial charge in [0.1, 0.15) is 0 Å². The molecule has 4 nitrogen and oxygen atoms in total. The molecule has 2 aromatic heterocycles. The predicted molar refractivity (Wildman–Crippen MR) is 102 cm³/mol. The second-order valence-electron chi connectivity index (χ2n) is 6.37. The third-order valence-electron chi connectivity index (χ3n) is 4.95. The largest absolute Gasteiger partial charge is 0.435 e. The van der Waals surface area contributed by atoms with Gasteiger partial charge >= 0.3 is 0 Å². The van der Waals surface area contributed by atoms with Crippen molar-refractivity contribution < 1.29 is 4.42 Å². The van der Waals surface area contributed by atoms with Crippen molar-refractivity contribution in [3.63, 3.8) is 0 Å². The van der Waals surface area contributed by atoms with Gasteiger partial charge in [-0.1, -0.05) is 24.3 Å². The minimum absolute atomic E-state index is 0.663. The average Bonchev–Trinajstić information content (AvgIpc) is 3.12. The molecule has 2 radical (unpaired) electrons. The lowest BCUT2D eigenvalue weighted by Crippen LogP contribution is -2.28. The van der Waals surface area contributed by atoms with E-state index in [0.717, 1.165) is 45.1 Å². The molecular weight excluding hydrogens is 310 g/mol. The van der Waals surface area contributed by atoms with Crippen LogP contribution in [0.25, 0.3) is 22.1 Å². The Morgan fingerprint density at radius 3 is 2.60 bits per heavy atom. The number of rotatable bonds is 1. The summed E-state index contributed by atoms with van der Waals surface area (Å²) in [6.07, 6.45) is 2.67. The number of pyridine rings is 1. The first-order chi connectivity index (χ1) is 12.2. The molecule has 0 amide bonds. The molecule has 0 unspecified atom stereocenters. The number of hydrogen-bond donors (Lipinski definition) is 0. The third kappa shape index (κ3) is 1.85. The molecule has 0 aliphatic carbocycles. The molecule has 1 aliphatic heterocycles. The number of fused-ring (bicyclic) bond motifs is 4. The number of aromatic nitrogens is 1. The van der Waals surface area contributed by atoms with Gasteiger partial charge in [0, 0.05) is 24.0 Å². The molecular formula is C21H17N3O. The molecule has 0 bridgehead atoms. The summed E-state index contributed by atoms with van der Waals surface area (Å²) in [6, 6.07) is 16.5. The lowest BCUT2D eigenvalue weighted by Gasteiger charge is -2.27. The summed E-state index contributed by atoms with van der Waals surface area (Å²) in [5.41, 5.74) is 5.92. The first-order valence-corrected chi connectivity index (χ1v) is 8.25. The van der Waals surface area contributed by atoms with E-state index in [1.54, 1.807) is 6.20 Å². The predicted octanol–water partition coefficient (Wildman–Crippen LogP) is 5.20. The number of anilines is 3. The zero-order valence-electron chi connectivity index (χ0n) is 14.2. The first kappa shape index (κ1) is 14.3. The molecule has 0 fully saturated rings. The van der Waals surface area contributed by atoms with Gasteiger partial charge < -0.3 is 14.2 Å². The maximum atomic E-state index is 6.16. The number of para-hydroxylation sites is 2. The summed E-state index contributed by atoms with van der Waals surface area (Å²) >= 11 is 0. The lowest BCUT2D eigenvalue weighted by atomic mass is 10.1. The zero-order valence-corrected chi connectivity index (χ0v) is 14.2. The number of benzene rings is 2. The SMILES string of the molecule is [CH2][C]1N(C)c2ccccc2N1c1c(C)ccc2c1oc1ncccc12. The summed E-state index contributed by atoms with van der Waals surface area (Å²) in [5.74, 6) is 0.